The first-order valence-electron chi connectivity index (χ1n) is 11.6. The Kier molecular flexibility index (Phi) is 6.07. The summed E-state index contributed by atoms with van der Waals surface area (Å²) in [4.78, 5) is 45.1. The molecule has 0 radical (unpaired) electrons. The van der Waals surface area contributed by atoms with E-state index in [1.807, 2.05) is 11.8 Å². The molecular formula is C22H29N5O6S. The zero-order chi connectivity index (χ0) is 24.1. The molecule has 184 valence electrons. The van der Waals surface area contributed by atoms with Crippen LogP contribution in [0.25, 0.3) is 0 Å². The number of piperidine rings is 1. The van der Waals surface area contributed by atoms with E-state index in [1.54, 1.807) is 6.92 Å². The molecule has 0 unspecified atom stereocenters. The number of hydrogen-bond acceptors (Lipinski definition) is 9. The maximum Gasteiger partial charge on any atom is 0.353 e. The number of thioether (sulfide) groups is 1. The number of aliphatic carboxylic acids is 1. The third kappa shape index (κ3) is 3.87. The van der Waals surface area contributed by atoms with Crippen LogP contribution in [0.2, 0.25) is 0 Å². The van der Waals surface area contributed by atoms with E-state index in [-0.39, 0.29) is 46.5 Å². The summed E-state index contributed by atoms with van der Waals surface area (Å²) < 4.78 is 5.52. The van der Waals surface area contributed by atoms with Crippen molar-refractivity contribution >= 4 is 35.6 Å². The lowest BCUT2D eigenvalue weighted by Gasteiger charge is -2.46. The first-order chi connectivity index (χ1) is 16.3. The average molecular weight is 492 g/mol. The number of carbonyl (C=O) groups excluding carboxylic acids is 2. The molecule has 0 aromatic carbocycles. The Morgan fingerprint density at radius 1 is 1.32 bits per heavy atom. The fourth-order valence-corrected chi connectivity index (χ4v) is 6.79. The van der Waals surface area contributed by atoms with E-state index in [1.165, 1.54) is 22.9 Å². The van der Waals surface area contributed by atoms with Gasteiger partial charge in [-0.1, -0.05) is 6.92 Å². The van der Waals surface area contributed by atoms with Crippen LogP contribution in [0.15, 0.2) is 21.3 Å². The highest BCUT2D eigenvalue weighted by molar-refractivity contribution is 8.03. The van der Waals surface area contributed by atoms with Gasteiger partial charge in [-0.05, 0) is 32.9 Å². The Morgan fingerprint density at radius 2 is 2.03 bits per heavy atom. The quantitative estimate of drug-likeness (QED) is 0.391. The second kappa shape index (κ2) is 8.90. The Hall–Kier alpha value is -2.57. The van der Waals surface area contributed by atoms with Crippen molar-refractivity contribution in [3.63, 3.8) is 0 Å². The van der Waals surface area contributed by atoms with Gasteiger partial charge in [0.05, 0.1) is 18.1 Å². The minimum absolute atomic E-state index is 0.0378. The van der Waals surface area contributed by atoms with Gasteiger partial charge in [-0.15, -0.1) is 11.8 Å². The van der Waals surface area contributed by atoms with Crippen LogP contribution >= 0.6 is 11.8 Å². The number of fused-ring (bicyclic) bond motifs is 1. The second-order valence-electron chi connectivity index (χ2n) is 9.43. The zero-order valence-electron chi connectivity index (χ0n) is 19.1. The highest BCUT2D eigenvalue weighted by Crippen LogP contribution is 2.52. The summed E-state index contributed by atoms with van der Waals surface area (Å²) in [6.45, 7) is 6.42. The molecule has 4 N–H and O–H groups in total. The minimum Gasteiger partial charge on any atom is -0.477 e. The van der Waals surface area contributed by atoms with Gasteiger partial charge in [-0.2, -0.15) is 4.98 Å². The molecule has 0 spiro atoms. The van der Waals surface area contributed by atoms with Gasteiger partial charge in [0.1, 0.15) is 12.0 Å². The van der Waals surface area contributed by atoms with Gasteiger partial charge in [0.2, 0.25) is 5.91 Å². The Balaban J connectivity index is 1.19. The number of aliphatic hydroxyl groups excluding tert-OH is 1. The summed E-state index contributed by atoms with van der Waals surface area (Å²) in [6, 6.07) is 0.188. The second-order valence-corrected chi connectivity index (χ2v) is 10.8. The molecule has 5 rings (SSSR count). The molecule has 34 heavy (non-hydrogen) atoms. The maximum absolute atomic E-state index is 12.5. The van der Waals surface area contributed by atoms with Crippen LogP contribution in [0, 0.1) is 11.8 Å². The van der Waals surface area contributed by atoms with Gasteiger partial charge in [0.25, 0.3) is 11.9 Å². The number of aromatic nitrogens is 1. The lowest BCUT2D eigenvalue weighted by Crippen LogP contribution is -2.63. The van der Waals surface area contributed by atoms with Gasteiger partial charge in [0, 0.05) is 35.2 Å². The molecule has 3 fully saturated rings. The van der Waals surface area contributed by atoms with Gasteiger partial charge in [0.15, 0.2) is 5.69 Å². The predicted octanol–water partition coefficient (Wildman–Crippen LogP) is 0.232. The molecule has 4 atom stereocenters. The lowest BCUT2D eigenvalue weighted by molar-refractivity contribution is -0.163. The first-order valence-corrected chi connectivity index (χ1v) is 12.5. The zero-order valence-corrected chi connectivity index (χ0v) is 19.9. The van der Waals surface area contributed by atoms with Gasteiger partial charge in [-0.3, -0.25) is 9.59 Å². The first kappa shape index (κ1) is 23.2. The average Bonchev–Trinajstić information content (AvgIpc) is 3.33. The fraction of sp³-hybridized carbons (Fsp3) is 0.636. The molecule has 11 nitrogen and oxygen atoms in total. The van der Waals surface area contributed by atoms with Crippen LogP contribution in [0.5, 0.6) is 0 Å². The number of carboxylic acids is 1. The molecule has 4 aliphatic heterocycles. The predicted molar refractivity (Wildman–Crippen MR) is 123 cm³/mol. The van der Waals surface area contributed by atoms with Crippen LogP contribution in [0.3, 0.4) is 0 Å². The van der Waals surface area contributed by atoms with Crippen molar-refractivity contribution in [3.8, 4) is 0 Å². The van der Waals surface area contributed by atoms with Crippen molar-refractivity contribution in [1.82, 2.24) is 20.5 Å². The monoisotopic (exact) mass is 491 g/mol. The molecular weight excluding hydrogens is 462 g/mol. The molecule has 0 bridgehead atoms. The fourth-order valence-electron chi connectivity index (χ4n) is 5.27. The van der Waals surface area contributed by atoms with E-state index >= 15 is 0 Å². The molecule has 1 aromatic rings. The number of aliphatic hydroxyl groups is 1. The number of amides is 2. The summed E-state index contributed by atoms with van der Waals surface area (Å²) in [5.41, 5.74) is 0.285. The number of nitrogens with zero attached hydrogens (tertiary/aromatic N) is 3. The number of rotatable bonds is 7. The van der Waals surface area contributed by atoms with Gasteiger partial charge < -0.3 is 35.1 Å². The number of β-lactam (4-membered cyclic amide) rings is 1. The third-order valence-electron chi connectivity index (χ3n) is 7.12. The van der Waals surface area contributed by atoms with Crippen molar-refractivity contribution in [2.75, 3.05) is 31.1 Å². The van der Waals surface area contributed by atoms with Crippen LogP contribution < -0.4 is 15.5 Å². The molecule has 2 amide bonds. The highest BCUT2D eigenvalue weighted by atomic mass is 32.2. The minimum atomic E-state index is -1.12. The number of carbonyl (C=O) groups is 3. The smallest absolute Gasteiger partial charge is 0.353 e. The highest BCUT2D eigenvalue weighted by Gasteiger charge is 2.60. The van der Waals surface area contributed by atoms with Crippen LogP contribution in [-0.4, -0.2) is 87.5 Å². The Labute approximate surface area is 200 Å². The normalized spacial score (nSPS) is 28.4. The van der Waals surface area contributed by atoms with Gasteiger partial charge >= 0.3 is 5.97 Å². The standard InChI is InChI=1S/C22H29N5O6S/c1-10-16-15(11(2)28)20(30)27(16)17(21(31)32)18(10)34-13-7-26(8-13)22-25-14(9-33-22)19(29)24-12-3-5-23-6-4-12/h9-13,15-16,23,28H,3-8H2,1-2H3,(H,24,29)(H,31,32)/t10-,11-,15-,16-/m1/s1. The molecule has 1 aromatic heterocycles. The maximum atomic E-state index is 12.5. The van der Waals surface area contributed by atoms with E-state index in [0.29, 0.717) is 24.0 Å². The number of hydrogen-bond donors (Lipinski definition) is 4. The molecule has 3 saturated heterocycles. The topological polar surface area (TPSA) is 148 Å². The molecule has 4 aliphatic rings. The molecule has 0 aliphatic carbocycles. The number of carboxylic acid groups (broad SMARTS) is 1. The van der Waals surface area contributed by atoms with E-state index in [9.17, 15) is 24.6 Å². The Bertz CT molecular complexity index is 1030. The third-order valence-corrected chi connectivity index (χ3v) is 8.57. The van der Waals surface area contributed by atoms with Crippen LogP contribution in [0.4, 0.5) is 6.01 Å². The SMILES string of the molecule is C[C@@H](O)[C@H]1C(=O)N2C(C(=O)O)=C(SC3CN(c4nc(C(=O)NC5CCNCC5)co4)C3)[C@H](C)[C@H]12. The van der Waals surface area contributed by atoms with Crippen molar-refractivity contribution in [1.29, 1.82) is 0 Å². The van der Waals surface area contributed by atoms with Crippen LogP contribution in [0.1, 0.15) is 37.2 Å². The molecule has 0 saturated carbocycles. The lowest BCUT2D eigenvalue weighted by atomic mass is 9.79. The van der Waals surface area contributed by atoms with E-state index in [0.717, 1.165) is 25.9 Å². The van der Waals surface area contributed by atoms with Crippen molar-refractivity contribution in [2.45, 2.75) is 50.1 Å². The summed E-state index contributed by atoms with van der Waals surface area (Å²) >= 11 is 1.46. The number of nitrogens with one attached hydrogen (secondary N) is 2. The molecule has 5 heterocycles. The van der Waals surface area contributed by atoms with Crippen molar-refractivity contribution in [2.24, 2.45) is 11.8 Å². The van der Waals surface area contributed by atoms with E-state index in [4.69, 9.17) is 4.42 Å². The number of anilines is 1. The van der Waals surface area contributed by atoms with Gasteiger partial charge in [-0.25, -0.2) is 4.79 Å². The van der Waals surface area contributed by atoms with E-state index in [2.05, 4.69) is 15.6 Å². The number of oxazole rings is 1. The largest absolute Gasteiger partial charge is 0.477 e. The van der Waals surface area contributed by atoms with Crippen LogP contribution in [-0.2, 0) is 9.59 Å². The van der Waals surface area contributed by atoms with Crippen molar-refractivity contribution in [3.05, 3.63) is 22.6 Å². The summed E-state index contributed by atoms with van der Waals surface area (Å²) in [7, 11) is 0. The summed E-state index contributed by atoms with van der Waals surface area (Å²) in [6.07, 6.45) is 2.32. The summed E-state index contributed by atoms with van der Waals surface area (Å²) in [5.74, 6) is -2.42. The molecule has 12 heteroatoms. The van der Waals surface area contributed by atoms with E-state index < -0.39 is 18.0 Å². The summed E-state index contributed by atoms with van der Waals surface area (Å²) in [5, 5.41) is 26.1. The Morgan fingerprint density at radius 3 is 2.68 bits per heavy atom. The van der Waals surface area contributed by atoms with Crippen molar-refractivity contribution < 1.29 is 29.0 Å².